The molecule has 18 heteroatoms. The maximum absolute atomic E-state index is 17.4. The Bertz CT molecular complexity index is 2310. The van der Waals surface area contributed by atoms with E-state index in [1.165, 1.54) is 11.0 Å². The normalized spacial score (nSPS) is 27.2. The summed E-state index contributed by atoms with van der Waals surface area (Å²) in [6, 6.07) is 3.29. The number of nitrogen functional groups attached to an aromatic ring is 1. The topological polar surface area (TPSA) is 147 Å². The van der Waals surface area contributed by atoms with Gasteiger partial charge in [0.15, 0.2) is 11.6 Å². The first kappa shape index (κ1) is 37.3. The molecule has 11 nitrogen and oxygen atoms in total. The minimum Gasteiger partial charge on any atom is -0.489 e. The van der Waals surface area contributed by atoms with E-state index in [9.17, 15) is 23.2 Å². The Morgan fingerprint density at radius 1 is 1.21 bits per heavy atom. The third-order valence-corrected chi connectivity index (χ3v) is 13.8. The van der Waals surface area contributed by atoms with Crippen LogP contribution in [0.5, 0.6) is 11.8 Å². The van der Waals surface area contributed by atoms with Crippen LogP contribution in [0.15, 0.2) is 12.1 Å². The molecule has 4 aliphatic heterocycles. The minimum atomic E-state index is -2.86. The Kier molecular flexibility index (Phi) is 9.33. The number of carbonyl (C=O) groups is 1. The molecule has 4 fully saturated rings. The Labute approximate surface area is 327 Å². The van der Waals surface area contributed by atoms with Crippen molar-refractivity contribution in [3.8, 4) is 29.0 Å². The third-order valence-electron chi connectivity index (χ3n) is 12.4. The van der Waals surface area contributed by atoms with E-state index in [1.54, 1.807) is 4.90 Å². The summed E-state index contributed by atoms with van der Waals surface area (Å²) >= 11 is 7.91. The van der Waals surface area contributed by atoms with E-state index in [4.69, 9.17) is 32.5 Å². The lowest BCUT2D eigenvalue weighted by Gasteiger charge is -2.35. The molecule has 3 saturated heterocycles. The van der Waals surface area contributed by atoms with E-state index < -0.39 is 42.4 Å². The molecule has 0 bridgehead atoms. The summed E-state index contributed by atoms with van der Waals surface area (Å²) in [7, 11) is 0. The average molecular weight is 817 g/mol. The van der Waals surface area contributed by atoms with Crippen LogP contribution in [0.25, 0.3) is 32.1 Å². The summed E-state index contributed by atoms with van der Waals surface area (Å²) in [4.78, 5) is 27.6. The Morgan fingerprint density at radius 2 is 2.04 bits per heavy atom. The van der Waals surface area contributed by atoms with Crippen LogP contribution in [0, 0.1) is 40.7 Å². The van der Waals surface area contributed by atoms with Crippen LogP contribution in [0.4, 0.5) is 32.8 Å². The molecule has 9 rings (SSSR count). The van der Waals surface area contributed by atoms with Gasteiger partial charge in [0.25, 0.3) is 6.43 Å². The maximum Gasteiger partial charge on any atom is 0.319 e. The fourth-order valence-electron chi connectivity index (χ4n) is 9.56. The van der Waals surface area contributed by atoms with Crippen molar-refractivity contribution in [2.45, 2.75) is 56.3 Å². The number of likely N-dealkylation sites (tertiary alicyclic amines) is 1. The molecule has 6 heterocycles. The lowest BCUT2D eigenvalue weighted by molar-refractivity contribution is -0.132. The molecule has 2 aromatic carbocycles. The van der Waals surface area contributed by atoms with Crippen molar-refractivity contribution in [1.82, 2.24) is 19.8 Å². The molecule has 0 radical (unpaired) electrons. The van der Waals surface area contributed by atoms with Crippen LogP contribution in [0.3, 0.4) is 0 Å². The summed E-state index contributed by atoms with van der Waals surface area (Å²) < 4.78 is 89.2. The molecule has 56 heavy (non-hydrogen) atoms. The zero-order valence-corrected chi connectivity index (χ0v) is 31.6. The number of amides is 1. The average Bonchev–Trinajstić information content (AvgIpc) is 3.36. The molecule has 4 N–H and O–H groups in total. The van der Waals surface area contributed by atoms with Gasteiger partial charge in [0.2, 0.25) is 5.91 Å². The van der Waals surface area contributed by atoms with Crippen LogP contribution in [0.2, 0.25) is 5.02 Å². The van der Waals surface area contributed by atoms with Crippen LogP contribution in [0.1, 0.15) is 37.7 Å². The number of hydrogen-bond acceptors (Lipinski definition) is 11. The lowest BCUT2D eigenvalue weighted by atomic mass is 9.95. The van der Waals surface area contributed by atoms with Gasteiger partial charge in [-0.15, -0.1) is 11.3 Å². The number of nitriles is 1. The second-order valence-corrected chi connectivity index (χ2v) is 17.0. The molecule has 6 atom stereocenters. The summed E-state index contributed by atoms with van der Waals surface area (Å²) in [5, 5.41) is 9.75. The Hall–Kier alpha value is -4.24. The van der Waals surface area contributed by atoms with Gasteiger partial charge in [0, 0.05) is 48.8 Å². The number of nitrogens with two attached hydrogens (primary N) is 2. The summed E-state index contributed by atoms with van der Waals surface area (Å²) in [5.74, 6) is -2.28. The van der Waals surface area contributed by atoms with E-state index in [-0.39, 0.29) is 122 Å². The highest BCUT2D eigenvalue weighted by molar-refractivity contribution is 7.23. The summed E-state index contributed by atoms with van der Waals surface area (Å²) in [6.07, 6.45) is -1.00. The second-order valence-electron chi connectivity index (χ2n) is 15.6. The SMILES string of the molecule is N#Cc1c(N)sc2c(F)ccc(-c3c(Cl)c4c5c(nc(OC[C@@]67CCCN6C[C@H](F)C7)nc5c3F)N(CC(F)F)C(C3CCN(C(=O)[C@@H]5CC5CN)C3)CO4)c12. The number of hydrogen-bond donors (Lipinski definition) is 2. The first-order valence-corrected chi connectivity index (χ1v) is 19.9. The molecular weight excluding hydrogens is 779 g/mol. The van der Waals surface area contributed by atoms with Crippen molar-refractivity contribution in [2.75, 3.05) is 63.1 Å². The van der Waals surface area contributed by atoms with Gasteiger partial charge in [-0.2, -0.15) is 15.2 Å². The third kappa shape index (κ3) is 5.97. The highest BCUT2D eigenvalue weighted by Crippen LogP contribution is 2.52. The number of fused-ring (bicyclic) bond motifs is 2. The summed E-state index contributed by atoms with van der Waals surface area (Å²) in [5.41, 5.74) is 10.6. The van der Waals surface area contributed by atoms with E-state index in [0.717, 1.165) is 23.8 Å². The summed E-state index contributed by atoms with van der Waals surface area (Å²) in [6.45, 7) is 1.01. The highest BCUT2D eigenvalue weighted by atomic mass is 35.5. The van der Waals surface area contributed by atoms with Gasteiger partial charge >= 0.3 is 6.01 Å². The second kappa shape index (κ2) is 14.0. The first-order valence-electron chi connectivity index (χ1n) is 18.7. The molecule has 4 aromatic rings. The number of carbonyl (C=O) groups excluding carboxylic acids is 1. The van der Waals surface area contributed by atoms with Gasteiger partial charge in [-0.3, -0.25) is 9.69 Å². The maximum atomic E-state index is 17.4. The number of benzene rings is 2. The van der Waals surface area contributed by atoms with Gasteiger partial charge in [0.05, 0.1) is 38.8 Å². The Morgan fingerprint density at radius 3 is 2.79 bits per heavy atom. The van der Waals surface area contributed by atoms with E-state index in [1.807, 2.05) is 11.0 Å². The number of ether oxygens (including phenoxy) is 2. The van der Waals surface area contributed by atoms with E-state index >= 15 is 8.78 Å². The fourth-order valence-corrected chi connectivity index (χ4v) is 10.8. The molecule has 3 unspecified atom stereocenters. The van der Waals surface area contributed by atoms with Crippen LogP contribution in [-0.2, 0) is 4.79 Å². The molecule has 1 amide bonds. The highest BCUT2D eigenvalue weighted by Gasteiger charge is 2.50. The monoisotopic (exact) mass is 816 g/mol. The number of rotatable bonds is 9. The van der Waals surface area contributed by atoms with Gasteiger partial charge in [-0.1, -0.05) is 17.7 Å². The molecule has 2 aromatic heterocycles. The molecule has 5 aliphatic rings. The largest absolute Gasteiger partial charge is 0.489 e. The number of halogens is 6. The minimum absolute atomic E-state index is 0.0156. The van der Waals surface area contributed by atoms with Gasteiger partial charge in [-0.05, 0) is 56.3 Å². The van der Waals surface area contributed by atoms with E-state index in [0.29, 0.717) is 38.9 Å². The van der Waals surface area contributed by atoms with Gasteiger partial charge in [-0.25, -0.2) is 22.0 Å². The Balaban J connectivity index is 1.20. The molecule has 296 valence electrons. The number of nitrogens with zero attached hydrogens (tertiary/aromatic N) is 6. The number of thiophene rings is 1. The molecular formula is C38H38ClF5N8O3S. The van der Waals surface area contributed by atoms with Crippen molar-refractivity contribution < 1.29 is 36.2 Å². The molecule has 1 aliphatic carbocycles. The fraction of sp³-hybridized carbons (Fsp3) is 0.526. The molecule has 0 spiro atoms. The lowest BCUT2D eigenvalue weighted by Crippen LogP contribution is -2.48. The number of alkyl halides is 3. The standard InChI is InChI=1S/C38H38ClF5N8O3S/c39-29-27(20-2-3-23(41)33-26(20)22(11-46)34(47)56-33)30(44)31-28-32(29)54-15-24(17-4-7-50(12-17)36(53)21-8-18(21)10-45)52(14-25(42)43)35(28)49-37(48-31)55-16-38-5-1-6-51(38)13-19(40)9-38/h2-3,17-19,21,24-25H,1,4-10,12-16,45,47H2/t17?,18?,19-,21-,24?,38+/m1/s1. The predicted molar refractivity (Wildman–Crippen MR) is 201 cm³/mol. The van der Waals surface area contributed by atoms with Crippen LogP contribution >= 0.6 is 22.9 Å². The molecule has 1 saturated carbocycles. The van der Waals surface area contributed by atoms with Crippen molar-refractivity contribution >= 4 is 60.7 Å². The van der Waals surface area contributed by atoms with Crippen molar-refractivity contribution in [3.63, 3.8) is 0 Å². The van der Waals surface area contributed by atoms with Gasteiger partial charge in [0.1, 0.15) is 47.6 Å². The van der Waals surface area contributed by atoms with Crippen LogP contribution < -0.4 is 25.8 Å². The quantitative estimate of drug-likeness (QED) is 0.189. The van der Waals surface area contributed by atoms with Crippen molar-refractivity contribution in [2.24, 2.45) is 23.5 Å². The smallest absolute Gasteiger partial charge is 0.319 e. The number of anilines is 2. The van der Waals surface area contributed by atoms with Gasteiger partial charge < -0.3 is 30.7 Å². The van der Waals surface area contributed by atoms with Crippen LogP contribution in [-0.4, -0.2) is 102 Å². The zero-order chi connectivity index (χ0) is 39.2. The van der Waals surface area contributed by atoms with E-state index in [2.05, 4.69) is 9.97 Å². The predicted octanol–water partition coefficient (Wildman–Crippen LogP) is 6.13. The zero-order valence-electron chi connectivity index (χ0n) is 30.0. The first-order chi connectivity index (χ1) is 26.9. The van der Waals surface area contributed by atoms with Crippen molar-refractivity contribution in [3.05, 3.63) is 34.4 Å². The number of aromatic nitrogens is 2. The van der Waals surface area contributed by atoms with Crippen molar-refractivity contribution in [1.29, 1.82) is 5.26 Å².